The van der Waals surface area contributed by atoms with E-state index in [0.717, 1.165) is 64.2 Å². The van der Waals surface area contributed by atoms with Crippen LogP contribution in [0.1, 0.15) is 303 Å². The first-order chi connectivity index (χ1) is 30.0. The average Bonchev–Trinajstić information content (AvgIpc) is 3.26. The van der Waals surface area contributed by atoms with Crippen molar-refractivity contribution in [2.24, 2.45) is 0 Å². The van der Waals surface area contributed by atoms with Gasteiger partial charge < -0.3 is 14.2 Å². The van der Waals surface area contributed by atoms with E-state index in [9.17, 15) is 14.4 Å². The Morgan fingerprint density at radius 2 is 0.541 bits per heavy atom. The molecule has 0 aliphatic carbocycles. The molecule has 0 aliphatic heterocycles. The largest absolute Gasteiger partial charge is 0.462 e. The second-order valence-corrected chi connectivity index (χ2v) is 18.5. The molecule has 61 heavy (non-hydrogen) atoms. The van der Waals surface area contributed by atoms with Gasteiger partial charge in [-0.15, -0.1) is 0 Å². The van der Waals surface area contributed by atoms with Gasteiger partial charge in [-0.25, -0.2) is 0 Å². The van der Waals surface area contributed by atoms with Crippen molar-refractivity contribution in [1.29, 1.82) is 0 Å². The molecule has 0 bridgehead atoms. The van der Waals surface area contributed by atoms with Gasteiger partial charge in [-0.2, -0.15) is 0 Å². The lowest BCUT2D eigenvalue weighted by atomic mass is 10.0. The Balaban J connectivity index is 4.22. The van der Waals surface area contributed by atoms with Crippen molar-refractivity contribution in [1.82, 2.24) is 0 Å². The van der Waals surface area contributed by atoms with Crippen LogP contribution in [0.2, 0.25) is 0 Å². The first-order valence-electron chi connectivity index (χ1n) is 27.2. The summed E-state index contributed by atoms with van der Waals surface area (Å²) >= 11 is 0. The molecule has 0 heterocycles. The van der Waals surface area contributed by atoms with Crippen molar-refractivity contribution in [2.75, 3.05) is 13.2 Å². The third kappa shape index (κ3) is 49.0. The van der Waals surface area contributed by atoms with E-state index < -0.39 is 6.10 Å². The van der Waals surface area contributed by atoms with Gasteiger partial charge in [-0.1, -0.05) is 251 Å². The zero-order chi connectivity index (χ0) is 44.4. The summed E-state index contributed by atoms with van der Waals surface area (Å²) in [4.78, 5) is 37.9. The molecule has 0 aromatic heterocycles. The van der Waals surface area contributed by atoms with Gasteiger partial charge in [0.25, 0.3) is 0 Å². The predicted octanol–water partition coefficient (Wildman–Crippen LogP) is 17.8. The molecular weight excluding hydrogens is 757 g/mol. The maximum absolute atomic E-state index is 12.8. The third-order valence-corrected chi connectivity index (χ3v) is 12.3. The van der Waals surface area contributed by atoms with Crippen molar-refractivity contribution in [3.8, 4) is 0 Å². The van der Waals surface area contributed by atoms with Gasteiger partial charge in [0, 0.05) is 19.3 Å². The van der Waals surface area contributed by atoms with Crippen molar-refractivity contribution >= 4 is 17.9 Å². The number of carbonyl (C=O) groups is 3. The van der Waals surface area contributed by atoms with Crippen LogP contribution in [-0.2, 0) is 28.6 Å². The minimum Gasteiger partial charge on any atom is -0.462 e. The van der Waals surface area contributed by atoms with Gasteiger partial charge in [0.15, 0.2) is 6.10 Å². The van der Waals surface area contributed by atoms with Crippen molar-refractivity contribution < 1.29 is 28.6 Å². The highest BCUT2D eigenvalue weighted by atomic mass is 16.6. The molecule has 6 heteroatoms. The van der Waals surface area contributed by atoms with E-state index >= 15 is 0 Å². The number of allylic oxidation sites excluding steroid dienone is 2. The maximum atomic E-state index is 12.8. The second kappa shape index (κ2) is 50.8. The summed E-state index contributed by atoms with van der Waals surface area (Å²) < 4.78 is 16.8. The van der Waals surface area contributed by atoms with Gasteiger partial charge in [0.1, 0.15) is 13.2 Å². The van der Waals surface area contributed by atoms with Crippen molar-refractivity contribution in [3.05, 3.63) is 12.2 Å². The summed E-state index contributed by atoms with van der Waals surface area (Å²) in [5, 5.41) is 0. The second-order valence-electron chi connectivity index (χ2n) is 18.5. The van der Waals surface area contributed by atoms with E-state index in [2.05, 4.69) is 32.9 Å². The van der Waals surface area contributed by atoms with Crippen LogP contribution in [-0.4, -0.2) is 37.2 Å². The van der Waals surface area contributed by atoms with Gasteiger partial charge in [-0.3, -0.25) is 14.4 Å². The number of carbonyl (C=O) groups excluding carboxylic acids is 3. The molecule has 1 atom stereocenters. The molecule has 0 fully saturated rings. The Morgan fingerprint density at radius 1 is 0.311 bits per heavy atom. The highest BCUT2D eigenvalue weighted by Gasteiger charge is 2.19. The number of unbranched alkanes of at least 4 members (excludes halogenated alkanes) is 37. The summed E-state index contributed by atoms with van der Waals surface area (Å²) in [6.45, 7) is 6.64. The standard InChI is InChI=1S/C55H104O6/c1-4-7-10-13-16-19-21-23-25-27-28-29-31-32-34-36-39-42-45-48-54(57)60-51-52(50-59-53(56)47-44-41-38-18-15-12-9-6-3)61-55(58)49-46-43-40-37-35-33-30-26-24-22-20-17-14-11-8-5-2/h26,30,52H,4-25,27-29,31-51H2,1-3H3/b30-26-. The van der Waals surface area contributed by atoms with Crippen LogP contribution in [0.25, 0.3) is 0 Å². The first-order valence-corrected chi connectivity index (χ1v) is 27.2. The minimum atomic E-state index is -0.767. The normalized spacial score (nSPS) is 12.0. The third-order valence-electron chi connectivity index (χ3n) is 12.3. The van der Waals surface area contributed by atoms with Crippen LogP contribution < -0.4 is 0 Å². The van der Waals surface area contributed by atoms with Crippen molar-refractivity contribution in [2.45, 2.75) is 309 Å². The molecule has 0 saturated carbocycles. The molecule has 0 aliphatic rings. The number of rotatable bonds is 50. The summed E-state index contributed by atoms with van der Waals surface area (Å²) in [5.74, 6) is -0.863. The lowest BCUT2D eigenvalue weighted by Crippen LogP contribution is -2.30. The molecule has 360 valence electrons. The lowest BCUT2D eigenvalue weighted by molar-refractivity contribution is -0.167. The smallest absolute Gasteiger partial charge is 0.306 e. The van der Waals surface area contributed by atoms with Gasteiger partial charge in [0.05, 0.1) is 0 Å². The van der Waals surface area contributed by atoms with Crippen LogP contribution in [0.5, 0.6) is 0 Å². The van der Waals surface area contributed by atoms with Crippen LogP contribution in [0, 0.1) is 0 Å². The highest BCUT2D eigenvalue weighted by Crippen LogP contribution is 2.17. The molecule has 0 rings (SSSR count). The molecule has 1 unspecified atom stereocenters. The SMILES string of the molecule is CCCCCCCCC/C=C\CCCCCCCC(=O)OC(COC(=O)CCCCCCCCCC)COC(=O)CCCCCCCCCCCCCCCCCCCCC. The van der Waals surface area contributed by atoms with Crippen molar-refractivity contribution in [3.63, 3.8) is 0 Å². The zero-order valence-electron chi connectivity index (χ0n) is 41.2. The number of ether oxygens (including phenoxy) is 3. The summed E-state index contributed by atoms with van der Waals surface area (Å²) in [6.07, 6.45) is 56.4. The number of hydrogen-bond acceptors (Lipinski definition) is 6. The molecule has 0 spiro atoms. The highest BCUT2D eigenvalue weighted by molar-refractivity contribution is 5.71. The Morgan fingerprint density at radius 3 is 0.820 bits per heavy atom. The quantitative estimate of drug-likeness (QED) is 0.0262. The fraction of sp³-hybridized carbons (Fsp3) is 0.909. The molecule has 0 aromatic carbocycles. The molecular formula is C55H104O6. The number of esters is 3. The maximum Gasteiger partial charge on any atom is 0.306 e. The van der Waals surface area contributed by atoms with E-state index in [-0.39, 0.29) is 31.1 Å². The van der Waals surface area contributed by atoms with Crippen LogP contribution >= 0.6 is 0 Å². The molecule has 0 amide bonds. The zero-order valence-corrected chi connectivity index (χ0v) is 41.2. The molecule has 0 radical (unpaired) electrons. The molecule has 6 nitrogen and oxygen atoms in total. The Kier molecular flexibility index (Phi) is 49.3. The van der Waals surface area contributed by atoms with E-state index in [1.165, 1.54) is 199 Å². The Bertz CT molecular complexity index is 947. The average molecular weight is 861 g/mol. The van der Waals surface area contributed by atoms with Gasteiger partial charge in [0.2, 0.25) is 0 Å². The van der Waals surface area contributed by atoms with E-state index in [0.29, 0.717) is 19.3 Å². The monoisotopic (exact) mass is 861 g/mol. The van der Waals surface area contributed by atoms with E-state index in [4.69, 9.17) is 14.2 Å². The van der Waals surface area contributed by atoms with E-state index in [1.807, 2.05) is 0 Å². The Hall–Kier alpha value is -1.85. The molecule has 0 N–H and O–H groups in total. The minimum absolute atomic E-state index is 0.0682. The van der Waals surface area contributed by atoms with Gasteiger partial charge in [-0.05, 0) is 44.9 Å². The number of hydrogen-bond donors (Lipinski definition) is 0. The lowest BCUT2D eigenvalue weighted by Gasteiger charge is -2.18. The fourth-order valence-corrected chi connectivity index (χ4v) is 8.14. The van der Waals surface area contributed by atoms with E-state index in [1.54, 1.807) is 0 Å². The molecule has 0 aromatic rings. The first kappa shape index (κ1) is 59.1. The Labute approximate surface area is 380 Å². The van der Waals surface area contributed by atoms with Crippen LogP contribution in [0.3, 0.4) is 0 Å². The summed E-state index contributed by atoms with van der Waals surface area (Å²) in [6, 6.07) is 0. The predicted molar refractivity (Wildman–Crippen MR) is 261 cm³/mol. The summed E-state index contributed by atoms with van der Waals surface area (Å²) in [5.41, 5.74) is 0. The molecule has 0 saturated heterocycles. The fourth-order valence-electron chi connectivity index (χ4n) is 8.14. The van der Waals surface area contributed by atoms with Gasteiger partial charge >= 0.3 is 17.9 Å². The summed E-state index contributed by atoms with van der Waals surface area (Å²) in [7, 11) is 0. The van der Waals surface area contributed by atoms with Crippen LogP contribution in [0.4, 0.5) is 0 Å². The topological polar surface area (TPSA) is 78.9 Å². The van der Waals surface area contributed by atoms with Crippen LogP contribution in [0.15, 0.2) is 12.2 Å².